The van der Waals surface area contributed by atoms with Crippen molar-refractivity contribution in [1.29, 1.82) is 0 Å². The van der Waals surface area contributed by atoms with Crippen LogP contribution in [0.3, 0.4) is 0 Å². The fourth-order valence-corrected chi connectivity index (χ4v) is 2.78. The van der Waals surface area contributed by atoms with Gasteiger partial charge in [0.05, 0.1) is 6.10 Å². The Bertz CT molecular complexity index is 589. The predicted octanol–water partition coefficient (Wildman–Crippen LogP) is 1.68. The van der Waals surface area contributed by atoms with Gasteiger partial charge in [-0.15, -0.1) is 12.4 Å². The van der Waals surface area contributed by atoms with E-state index in [0.29, 0.717) is 24.3 Å². The highest BCUT2D eigenvalue weighted by molar-refractivity contribution is 6.00. The van der Waals surface area contributed by atoms with Crippen molar-refractivity contribution >= 4 is 29.9 Å². The van der Waals surface area contributed by atoms with Gasteiger partial charge < -0.3 is 21.5 Å². The van der Waals surface area contributed by atoms with E-state index >= 15 is 0 Å². The Balaban J connectivity index is 0.00000264. The summed E-state index contributed by atoms with van der Waals surface area (Å²) in [6.45, 7) is 6.40. The normalized spacial score (nSPS) is 25.0. The molecule has 1 aromatic rings. The van der Waals surface area contributed by atoms with E-state index in [0.717, 1.165) is 0 Å². The number of nitrogens with one attached hydrogen (secondary N) is 1. The molecule has 0 bridgehead atoms. The molecule has 0 aliphatic heterocycles. The van der Waals surface area contributed by atoms with Gasteiger partial charge in [-0.1, -0.05) is 13.8 Å². The third-order valence-electron chi connectivity index (χ3n) is 4.66. The van der Waals surface area contributed by atoms with E-state index < -0.39 is 16.9 Å². The average molecular weight is 342 g/mol. The van der Waals surface area contributed by atoms with E-state index in [-0.39, 0.29) is 24.4 Å². The van der Waals surface area contributed by atoms with Crippen molar-refractivity contribution in [1.82, 2.24) is 0 Å². The minimum absolute atomic E-state index is 0. The van der Waals surface area contributed by atoms with Crippen molar-refractivity contribution in [2.24, 2.45) is 16.9 Å². The average Bonchev–Trinajstić information content (AvgIpc) is 2.47. The maximum absolute atomic E-state index is 12.5. The molecule has 7 heteroatoms. The molecule has 0 spiro atoms. The van der Waals surface area contributed by atoms with E-state index in [4.69, 9.17) is 16.2 Å². The third-order valence-corrected chi connectivity index (χ3v) is 4.66. The van der Waals surface area contributed by atoms with Crippen LogP contribution in [0.1, 0.15) is 37.6 Å². The zero-order chi connectivity index (χ0) is 16.5. The Morgan fingerprint density at radius 1 is 1.30 bits per heavy atom. The second-order valence-corrected chi connectivity index (χ2v) is 6.24. The van der Waals surface area contributed by atoms with Crippen LogP contribution in [0.2, 0.25) is 0 Å². The summed E-state index contributed by atoms with van der Waals surface area (Å²) in [5.74, 6) is -0.756. The summed E-state index contributed by atoms with van der Waals surface area (Å²) in [4.78, 5) is 23.6. The van der Waals surface area contributed by atoms with Crippen LogP contribution in [0.25, 0.3) is 0 Å². The van der Waals surface area contributed by atoms with Crippen molar-refractivity contribution in [3.63, 3.8) is 0 Å². The number of ether oxygens (including phenoxy) is 1. The molecule has 1 aliphatic rings. The number of rotatable bonds is 5. The summed E-state index contributed by atoms with van der Waals surface area (Å²) >= 11 is 0. The van der Waals surface area contributed by atoms with Gasteiger partial charge in [-0.2, -0.15) is 0 Å². The number of amides is 2. The Morgan fingerprint density at radius 2 is 1.87 bits per heavy atom. The topological polar surface area (TPSA) is 107 Å². The summed E-state index contributed by atoms with van der Waals surface area (Å²) in [5, 5.41) is 2.80. The summed E-state index contributed by atoms with van der Waals surface area (Å²) < 4.78 is 5.62. The molecule has 2 unspecified atom stereocenters. The van der Waals surface area contributed by atoms with Crippen LogP contribution in [0.4, 0.5) is 5.69 Å². The molecule has 1 aliphatic carbocycles. The monoisotopic (exact) mass is 341 g/mol. The van der Waals surface area contributed by atoms with Gasteiger partial charge in [-0.05, 0) is 31.2 Å². The number of benzene rings is 1. The van der Waals surface area contributed by atoms with Gasteiger partial charge in [-0.3, -0.25) is 9.59 Å². The lowest BCUT2D eigenvalue weighted by atomic mass is 9.54. The van der Waals surface area contributed by atoms with E-state index in [1.54, 1.807) is 24.3 Å². The first-order valence-electron chi connectivity index (χ1n) is 7.34. The molecule has 0 heterocycles. The predicted molar refractivity (Wildman–Crippen MR) is 91.6 cm³/mol. The van der Waals surface area contributed by atoms with E-state index in [9.17, 15) is 9.59 Å². The van der Waals surface area contributed by atoms with Crippen molar-refractivity contribution in [3.8, 4) is 0 Å². The van der Waals surface area contributed by atoms with E-state index in [2.05, 4.69) is 5.32 Å². The van der Waals surface area contributed by atoms with E-state index in [1.807, 2.05) is 20.8 Å². The molecule has 6 nitrogen and oxygen atoms in total. The molecule has 0 saturated heterocycles. The number of carbonyl (C=O) groups excluding carboxylic acids is 2. The lowest BCUT2D eigenvalue weighted by Crippen LogP contribution is -2.74. The summed E-state index contributed by atoms with van der Waals surface area (Å²) in [5.41, 5.74) is 11.0. The van der Waals surface area contributed by atoms with Crippen LogP contribution in [0.5, 0.6) is 0 Å². The molecule has 128 valence electrons. The molecule has 1 aromatic carbocycles. The number of halogens is 1. The number of anilines is 1. The van der Waals surface area contributed by atoms with Crippen LogP contribution >= 0.6 is 12.4 Å². The van der Waals surface area contributed by atoms with Crippen molar-refractivity contribution < 1.29 is 14.3 Å². The fraction of sp³-hybridized carbons (Fsp3) is 0.500. The van der Waals surface area contributed by atoms with Gasteiger partial charge in [0.2, 0.25) is 11.8 Å². The van der Waals surface area contributed by atoms with Crippen molar-refractivity contribution in [2.45, 2.75) is 38.8 Å². The van der Waals surface area contributed by atoms with Gasteiger partial charge in [0.15, 0.2) is 0 Å². The molecule has 1 fully saturated rings. The molecule has 23 heavy (non-hydrogen) atoms. The molecule has 0 aromatic heterocycles. The Hall–Kier alpha value is -1.63. The third kappa shape index (κ3) is 3.34. The van der Waals surface area contributed by atoms with Crippen molar-refractivity contribution in [3.05, 3.63) is 29.8 Å². The van der Waals surface area contributed by atoms with Gasteiger partial charge in [0, 0.05) is 29.7 Å². The highest BCUT2D eigenvalue weighted by Crippen LogP contribution is 2.50. The zero-order valence-electron chi connectivity index (χ0n) is 13.6. The minimum atomic E-state index is -0.977. The van der Waals surface area contributed by atoms with Crippen LogP contribution in [0.15, 0.2) is 24.3 Å². The van der Waals surface area contributed by atoms with Gasteiger partial charge in [-0.25, -0.2) is 0 Å². The lowest BCUT2D eigenvalue weighted by Gasteiger charge is -2.57. The highest BCUT2D eigenvalue weighted by atomic mass is 35.5. The van der Waals surface area contributed by atoms with Crippen molar-refractivity contribution in [2.75, 3.05) is 11.9 Å². The van der Waals surface area contributed by atoms with Gasteiger partial charge in [0.25, 0.3) is 0 Å². The maximum Gasteiger partial charge on any atom is 0.248 e. The fourth-order valence-electron chi connectivity index (χ4n) is 2.78. The number of carbonyl (C=O) groups is 2. The second-order valence-electron chi connectivity index (χ2n) is 6.24. The summed E-state index contributed by atoms with van der Waals surface area (Å²) in [6.07, 6.45) is 0.462. The first-order chi connectivity index (χ1) is 10.2. The number of hydrogen-bond acceptors (Lipinski definition) is 4. The van der Waals surface area contributed by atoms with Crippen LogP contribution in [0, 0.1) is 5.41 Å². The molecule has 2 rings (SSSR count). The molecular weight excluding hydrogens is 318 g/mol. The number of hydrogen-bond donors (Lipinski definition) is 3. The Labute approximate surface area is 142 Å². The standard InChI is InChI=1S/C16H23N3O3.ClH/c1-4-22-12-9-16(18,15(12,2)3)14(21)19-11-7-5-10(6-8-11)13(17)20;/h5-8,12H,4,9,18H2,1-3H3,(H2,17,20)(H,19,21);1H. The Morgan fingerprint density at radius 3 is 2.30 bits per heavy atom. The molecule has 2 atom stereocenters. The maximum atomic E-state index is 12.5. The quantitative estimate of drug-likeness (QED) is 0.757. The first kappa shape index (κ1) is 19.4. The van der Waals surface area contributed by atoms with Crippen LogP contribution < -0.4 is 16.8 Å². The minimum Gasteiger partial charge on any atom is -0.378 e. The number of primary amides is 1. The Kier molecular flexibility index (Phi) is 5.79. The van der Waals surface area contributed by atoms with Gasteiger partial charge in [0.1, 0.15) is 5.54 Å². The van der Waals surface area contributed by atoms with Crippen LogP contribution in [-0.4, -0.2) is 30.1 Å². The highest BCUT2D eigenvalue weighted by Gasteiger charge is 2.62. The second kappa shape index (κ2) is 6.86. The SMILES string of the molecule is CCOC1CC(N)(C(=O)Nc2ccc(C(N)=O)cc2)C1(C)C.Cl. The first-order valence-corrected chi connectivity index (χ1v) is 7.34. The summed E-state index contributed by atoms with van der Waals surface area (Å²) in [6, 6.07) is 6.40. The molecular formula is C16H24ClN3O3. The summed E-state index contributed by atoms with van der Waals surface area (Å²) in [7, 11) is 0. The zero-order valence-corrected chi connectivity index (χ0v) is 14.4. The van der Waals surface area contributed by atoms with E-state index in [1.165, 1.54) is 0 Å². The van der Waals surface area contributed by atoms with Gasteiger partial charge >= 0.3 is 0 Å². The largest absolute Gasteiger partial charge is 0.378 e. The number of nitrogens with two attached hydrogens (primary N) is 2. The smallest absolute Gasteiger partial charge is 0.248 e. The lowest BCUT2D eigenvalue weighted by molar-refractivity contribution is -0.166. The van der Waals surface area contributed by atoms with Crippen LogP contribution in [-0.2, 0) is 9.53 Å². The molecule has 0 radical (unpaired) electrons. The molecule has 2 amide bonds. The molecule has 5 N–H and O–H groups in total. The molecule has 1 saturated carbocycles.